The van der Waals surface area contributed by atoms with E-state index in [9.17, 15) is 4.55 Å². The molecule has 0 aliphatic heterocycles. The molecule has 2 atom stereocenters. The van der Waals surface area contributed by atoms with Crippen molar-refractivity contribution in [1.29, 1.82) is 0 Å². The summed E-state index contributed by atoms with van der Waals surface area (Å²) in [6.07, 6.45) is 0.0151. The average molecular weight is 403 g/mol. The Balaban J connectivity index is 2.38. The molecule has 0 aliphatic carbocycles. The molecule has 1 aromatic carbocycles. The van der Waals surface area contributed by atoms with E-state index in [0.29, 0.717) is 21.4 Å². The van der Waals surface area contributed by atoms with Crippen molar-refractivity contribution in [2.45, 2.75) is 58.4 Å². The van der Waals surface area contributed by atoms with Crippen molar-refractivity contribution >= 4 is 45.5 Å². The van der Waals surface area contributed by atoms with Crippen LogP contribution in [0.5, 0.6) is 5.75 Å². The number of rotatable bonds is 5. The molecule has 1 aromatic heterocycles. The Morgan fingerprint density at radius 3 is 2.36 bits per heavy atom. The van der Waals surface area contributed by atoms with E-state index in [4.69, 9.17) is 27.9 Å². The highest BCUT2D eigenvalue weighted by Crippen LogP contribution is 2.33. The van der Waals surface area contributed by atoms with E-state index in [-0.39, 0.29) is 16.9 Å². The standard InChI is InChI=1S/C18H24Cl2N2O2S/c1-10(2)24-16-9-15-12(8-14(16)19)7-13(17(20)21-15)11(3)22-25(23)18(4,5)6/h7-11,22H,1-6H3. The molecule has 0 saturated carbocycles. The van der Waals surface area contributed by atoms with Crippen LogP contribution < -0.4 is 9.46 Å². The van der Waals surface area contributed by atoms with Crippen LogP contribution in [0.25, 0.3) is 10.9 Å². The molecule has 0 bridgehead atoms. The molecule has 0 radical (unpaired) electrons. The van der Waals surface area contributed by atoms with Gasteiger partial charge in [0.05, 0.1) is 22.7 Å². The summed E-state index contributed by atoms with van der Waals surface area (Å²) < 4.78 is 20.7. The average Bonchev–Trinajstić information content (AvgIpc) is 2.46. The molecule has 4 nitrogen and oxygen atoms in total. The topological polar surface area (TPSA) is 57.2 Å². The van der Waals surface area contributed by atoms with Gasteiger partial charge in [-0.3, -0.25) is 0 Å². The van der Waals surface area contributed by atoms with Gasteiger partial charge in [-0.25, -0.2) is 4.98 Å². The van der Waals surface area contributed by atoms with Crippen molar-refractivity contribution in [3.8, 4) is 5.75 Å². The second kappa shape index (κ2) is 7.89. The molecule has 1 N–H and O–H groups in total. The zero-order valence-electron chi connectivity index (χ0n) is 15.3. The van der Waals surface area contributed by atoms with E-state index in [1.807, 2.05) is 53.7 Å². The van der Waals surface area contributed by atoms with Gasteiger partial charge < -0.3 is 9.29 Å². The summed E-state index contributed by atoms with van der Waals surface area (Å²) in [4.78, 5) is 4.46. The lowest BCUT2D eigenvalue weighted by Gasteiger charge is -2.26. The molecule has 138 valence electrons. The van der Waals surface area contributed by atoms with Gasteiger partial charge in [0, 0.05) is 28.4 Å². The van der Waals surface area contributed by atoms with Gasteiger partial charge in [0.2, 0.25) is 0 Å². The summed E-state index contributed by atoms with van der Waals surface area (Å²) in [6, 6.07) is 5.32. The first-order valence-corrected chi connectivity index (χ1v) is 10.0. The fraction of sp³-hybridized carbons (Fsp3) is 0.500. The van der Waals surface area contributed by atoms with Crippen LogP contribution in [-0.4, -0.2) is 20.4 Å². The predicted molar refractivity (Wildman–Crippen MR) is 107 cm³/mol. The summed E-state index contributed by atoms with van der Waals surface area (Å²) in [5.41, 5.74) is 1.48. The van der Waals surface area contributed by atoms with E-state index in [1.165, 1.54) is 0 Å². The second-order valence-electron chi connectivity index (χ2n) is 7.23. The molecule has 0 fully saturated rings. The quantitative estimate of drug-likeness (QED) is 0.533. The molecular formula is C18H24Cl2N2O2S. The van der Waals surface area contributed by atoms with Crippen molar-refractivity contribution in [2.24, 2.45) is 0 Å². The summed E-state index contributed by atoms with van der Waals surface area (Å²) in [7, 11) is 0. The maximum absolute atomic E-state index is 12.3. The number of hydrogen-bond acceptors (Lipinski definition) is 4. The minimum atomic E-state index is -1.21. The Morgan fingerprint density at radius 1 is 1.16 bits per heavy atom. The normalized spacial score (nSPS) is 14.8. The van der Waals surface area contributed by atoms with E-state index in [1.54, 1.807) is 6.07 Å². The van der Waals surface area contributed by atoms with E-state index >= 15 is 0 Å². The Kier molecular flexibility index (Phi) is 6.50. The fourth-order valence-corrected chi connectivity index (χ4v) is 3.54. The van der Waals surface area contributed by atoms with Crippen LogP contribution in [-0.2, 0) is 11.4 Å². The summed E-state index contributed by atoms with van der Waals surface area (Å²) in [5.74, 6) is 0.584. The molecule has 0 saturated heterocycles. The summed E-state index contributed by atoms with van der Waals surface area (Å²) in [5, 5.41) is 1.75. The van der Waals surface area contributed by atoms with Crippen molar-refractivity contribution in [3.05, 3.63) is 33.9 Å². The number of nitrogens with zero attached hydrogens (tertiary/aromatic N) is 1. The second-order valence-corrected chi connectivity index (χ2v) is 9.99. The summed E-state index contributed by atoms with van der Waals surface area (Å²) >= 11 is 11.5. The Morgan fingerprint density at radius 2 is 1.80 bits per heavy atom. The third-order valence-electron chi connectivity index (χ3n) is 3.52. The number of benzene rings is 1. The van der Waals surface area contributed by atoms with Gasteiger partial charge >= 0.3 is 0 Å². The predicted octanol–water partition coefficient (Wildman–Crippen LogP) is 5.44. The van der Waals surface area contributed by atoms with Crippen LogP contribution in [0.2, 0.25) is 10.2 Å². The maximum Gasteiger partial charge on any atom is 0.140 e. The maximum atomic E-state index is 12.3. The zero-order valence-corrected chi connectivity index (χ0v) is 17.6. The van der Waals surface area contributed by atoms with Crippen molar-refractivity contribution in [1.82, 2.24) is 9.71 Å². The Labute approximate surface area is 162 Å². The molecular weight excluding hydrogens is 379 g/mol. The van der Waals surface area contributed by atoms with Crippen LogP contribution in [0.4, 0.5) is 0 Å². The Bertz CT molecular complexity index is 763. The highest BCUT2D eigenvalue weighted by Gasteiger charge is 2.29. The first-order chi connectivity index (χ1) is 11.5. The largest absolute Gasteiger partial charge is 0.598 e. The van der Waals surface area contributed by atoms with Gasteiger partial charge in [-0.2, -0.15) is 0 Å². The monoisotopic (exact) mass is 402 g/mol. The van der Waals surface area contributed by atoms with Gasteiger partial charge in [-0.05, 0) is 53.7 Å². The number of ether oxygens (including phenoxy) is 1. The minimum Gasteiger partial charge on any atom is -0.598 e. The third kappa shape index (κ3) is 5.14. The van der Waals surface area contributed by atoms with Gasteiger partial charge in [0.1, 0.15) is 15.6 Å². The third-order valence-corrected chi connectivity index (χ3v) is 5.80. The minimum absolute atomic E-state index is 0.0151. The highest BCUT2D eigenvalue weighted by molar-refractivity contribution is 7.90. The molecule has 0 aliphatic rings. The smallest absolute Gasteiger partial charge is 0.140 e. The van der Waals surface area contributed by atoms with E-state index in [2.05, 4.69) is 9.71 Å². The Hall–Kier alpha value is -0.720. The van der Waals surface area contributed by atoms with Crippen LogP contribution in [0.15, 0.2) is 18.2 Å². The molecule has 1 heterocycles. The zero-order chi connectivity index (χ0) is 18.9. The molecule has 25 heavy (non-hydrogen) atoms. The number of pyridine rings is 1. The highest BCUT2D eigenvalue weighted by atomic mass is 35.5. The van der Waals surface area contributed by atoms with Crippen molar-refractivity contribution in [2.75, 3.05) is 0 Å². The van der Waals surface area contributed by atoms with Crippen LogP contribution >= 0.6 is 23.2 Å². The number of nitrogens with one attached hydrogen (secondary N) is 1. The van der Waals surface area contributed by atoms with Crippen LogP contribution in [0.1, 0.15) is 53.1 Å². The molecule has 7 heteroatoms. The van der Waals surface area contributed by atoms with Crippen LogP contribution in [0, 0.1) is 0 Å². The molecule has 0 spiro atoms. The first kappa shape index (κ1) is 20.6. The van der Waals surface area contributed by atoms with Crippen molar-refractivity contribution < 1.29 is 9.29 Å². The molecule has 0 amide bonds. The van der Waals surface area contributed by atoms with E-state index in [0.717, 1.165) is 10.9 Å². The van der Waals surface area contributed by atoms with Gasteiger partial charge in [-0.15, -0.1) is 4.72 Å². The molecule has 2 unspecified atom stereocenters. The number of hydrogen-bond donors (Lipinski definition) is 1. The lowest BCUT2D eigenvalue weighted by molar-refractivity contribution is 0.243. The van der Waals surface area contributed by atoms with Crippen molar-refractivity contribution in [3.63, 3.8) is 0 Å². The lowest BCUT2D eigenvalue weighted by Crippen LogP contribution is -2.40. The van der Waals surface area contributed by atoms with Gasteiger partial charge in [-0.1, -0.05) is 23.2 Å². The van der Waals surface area contributed by atoms with E-state index < -0.39 is 11.4 Å². The van der Waals surface area contributed by atoms with Gasteiger partial charge in [0.25, 0.3) is 0 Å². The lowest BCUT2D eigenvalue weighted by atomic mass is 10.1. The summed E-state index contributed by atoms with van der Waals surface area (Å²) in [6.45, 7) is 11.5. The first-order valence-electron chi connectivity index (χ1n) is 8.13. The fourth-order valence-electron chi connectivity index (χ4n) is 2.22. The number of fused-ring (bicyclic) bond motifs is 1. The SMILES string of the molecule is CC(C)Oc1cc2nc(Cl)c(C(C)N[S+]([O-])C(C)(C)C)cc2cc1Cl. The molecule has 2 aromatic rings. The number of aromatic nitrogens is 1. The number of halogens is 2. The van der Waals surface area contributed by atoms with Gasteiger partial charge in [0.15, 0.2) is 0 Å². The molecule has 2 rings (SSSR count). The van der Waals surface area contributed by atoms with Crippen LogP contribution in [0.3, 0.4) is 0 Å².